The summed E-state index contributed by atoms with van der Waals surface area (Å²) in [6, 6.07) is 10.1. The van der Waals surface area contributed by atoms with Gasteiger partial charge in [-0.15, -0.1) is 0 Å². The number of aryl methyl sites for hydroxylation is 1. The second-order valence-corrected chi connectivity index (χ2v) is 4.57. The molecule has 5 nitrogen and oxygen atoms in total. The number of carbonyl (C=O) groups excluding carboxylic acids is 1. The smallest absolute Gasteiger partial charge is 0.270 e. The maximum absolute atomic E-state index is 13.4. The fourth-order valence-corrected chi connectivity index (χ4v) is 1.79. The number of nitrogens with zero attached hydrogens (tertiary/aromatic N) is 1. The highest BCUT2D eigenvalue weighted by Gasteiger charge is 2.11. The number of nitro benzene ring substituents is 1. The quantitative estimate of drug-likeness (QED) is 0.694. The highest BCUT2D eigenvalue weighted by Crippen LogP contribution is 2.13. The predicted molar refractivity (Wildman–Crippen MR) is 75.4 cm³/mol. The van der Waals surface area contributed by atoms with Gasteiger partial charge < -0.3 is 5.32 Å². The number of nitro groups is 1. The molecule has 2 aromatic rings. The molecule has 0 aromatic heterocycles. The minimum atomic E-state index is -0.563. The second-order valence-electron chi connectivity index (χ2n) is 4.57. The fraction of sp³-hybridized carbons (Fsp3) is 0.133. The Labute approximate surface area is 120 Å². The Kier molecular flexibility index (Phi) is 4.27. The average Bonchev–Trinajstić information content (AvgIpc) is 2.48. The fourth-order valence-electron chi connectivity index (χ4n) is 1.79. The Morgan fingerprint density at radius 1 is 1.29 bits per heavy atom. The topological polar surface area (TPSA) is 72.2 Å². The van der Waals surface area contributed by atoms with E-state index in [0.29, 0.717) is 11.1 Å². The standard InChI is InChI=1S/C15H13FN2O3/c1-10-5-6-11(7-14(10)16)9-17-15(19)12-3-2-4-13(8-12)18(20)21/h2-8H,9H2,1H3,(H,17,19). The maximum Gasteiger partial charge on any atom is 0.270 e. The average molecular weight is 288 g/mol. The van der Waals surface area contributed by atoms with Crippen LogP contribution in [0.25, 0.3) is 0 Å². The van der Waals surface area contributed by atoms with Crippen LogP contribution in [-0.2, 0) is 6.54 Å². The zero-order valence-corrected chi connectivity index (χ0v) is 11.3. The molecule has 2 rings (SSSR count). The van der Waals surface area contributed by atoms with Crippen LogP contribution >= 0.6 is 0 Å². The van der Waals surface area contributed by atoms with Gasteiger partial charge >= 0.3 is 0 Å². The van der Waals surface area contributed by atoms with Crippen molar-refractivity contribution in [2.45, 2.75) is 13.5 Å². The molecule has 0 fully saturated rings. The monoisotopic (exact) mass is 288 g/mol. The van der Waals surface area contributed by atoms with Crippen LogP contribution in [0, 0.1) is 22.9 Å². The summed E-state index contributed by atoms with van der Waals surface area (Å²) < 4.78 is 13.4. The van der Waals surface area contributed by atoms with E-state index in [2.05, 4.69) is 5.32 Å². The number of non-ortho nitro benzene ring substituents is 1. The van der Waals surface area contributed by atoms with Crippen LogP contribution in [0.2, 0.25) is 0 Å². The van der Waals surface area contributed by atoms with Crippen LogP contribution in [0.5, 0.6) is 0 Å². The molecule has 0 bridgehead atoms. The van der Waals surface area contributed by atoms with Crippen molar-refractivity contribution < 1.29 is 14.1 Å². The summed E-state index contributed by atoms with van der Waals surface area (Å²) in [5.41, 5.74) is 1.20. The molecule has 108 valence electrons. The maximum atomic E-state index is 13.4. The molecule has 0 aliphatic heterocycles. The van der Waals surface area contributed by atoms with Crippen molar-refractivity contribution in [1.29, 1.82) is 0 Å². The molecule has 0 aliphatic rings. The van der Waals surface area contributed by atoms with E-state index in [4.69, 9.17) is 0 Å². The highest BCUT2D eigenvalue weighted by molar-refractivity contribution is 5.94. The van der Waals surface area contributed by atoms with Gasteiger partial charge in [0.1, 0.15) is 5.82 Å². The first-order valence-corrected chi connectivity index (χ1v) is 6.25. The largest absolute Gasteiger partial charge is 0.348 e. The third-order valence-corrected chi connectivity index (χ3v) is 3.01. The Bertz CT molecular complexity index is 701. The minimum absolute atomic E-state index is 0.149. The Hall–Kier alpha value is -2.76. The van der Waals surface area contributed by atoms with Crippen LogP contribution in [0.15, 0.2) is 42.5 Å². The van der Waals surface area contributed by atoms with Crippen molar-refractivity contribution >= 4 is 11.6 Å². The first-order chi connectivity index (χ1) is 9.97. The van der Waals surface area contributed by atoms with E-state index in [1.165, 1.54) is 30.3 Å². The molecule has 0 radical (unpaired) electrons. The van der Waals surface area contributed by atoms with Gasteiger partial charge in [-0.1, -0.05) is 18.2 Å². The lowest BCUT2D eigenvalue weighted by Gasteiger charge is -2.06. The molecule has 0 unspecified atom stereocenters. The molecule has 0 aliphatic carbocycles. The highest BCUT2D eigenvalue weighted by atomic mass is 19.1. The van der Waals surface area contributed by atoms with Crippen LogP contribution in [0.4, 0.5) is 10.1 Å². The van der Waals surface area contributed by atoms with E-state index < -0.39 is 10.8 Å². The van der Waals surface area contributed by atoms with E-state index >= 15 is 0 Å². The van der Waals surface area contributed by atoms with Crippen molar-refractivity contribution in [3.63, 3.8) is 0 Å². The number of halogens is 1. The lowest BCUT2D eigenvalue weighted by atomic mass is 10.1. The molecular weight excluding hydrogens is 275 g/mol. The molecule has 1 amide bonds. The summed E-state index contributed by atoms with van der Waals surface area (Å²) in [6.45, 7) is 1.81. The summed E-state index contributed by atoms with van der Waals surface area (Å²) in [5.74, 6) is -0.781. The normalized spacial score (nSPS) is 10.2. The van der Waals surface area contributed by atoms with Gasteiger partial charge in [-0.3, -0.25) is 14.9 Å². The predicted octanol–water partition coefficient (Wildman–Crippen LogP) is 2.97. The summed E-state index contributed by atoms with van der Waals surface area (Å²) in [4.78, 5) is 22.0. The van der Waals surface area contributed by atoms with Crippen molar-refractivity contribution in [1.82, 2.24) is 5.32 Å². The summed E-state index contributed by atoms with van der Waals surface area (Å²) in [7, 11) is 0. The zero-order valence-electron chi connectivity index (χ0n) is 11.3. The molecule has 6 heteroatoms. The van der Waals surface area contributed by atoms with Crippen LogP contribution in [0.1, 0.15) is 21.5 Å². The van der Waals surface area contributed by atoms with Crippen molar-refractivity contribution in [2.24, 2.45) is 0 Å². The Morgan fingerprint density at radius 2 is 2.05 bits per heavy atom. The van der Waals surface area contributed by atoms with E-state index in [1.807, 2.05) is 0 Å². The number of nitrogens with one attached hydrogen (secondary N) is 1. The SMILES string of the molecule is Cc1ccc(CNC(=O)c2cccc([N+](=O)[O-])c2)cc1F. The number of hydrogen-bond donors (Lipinski definition) is 1. The molecule has 0 saturated heterocycles. The molecule has 0 heterocycles. The third-order valence-electron chi connectivity index (χ3n) is 3.01. The summed E-state index contributed by atoms with van der Waals surface area (Å²) >= 11 is 0. The molecule has 2 aromatic carbocycles. The zero-order chi connectivity index (χ0) is 15.4. The third kappa shape index (κ3) is 3.62. The molecule has 0 spiro atoms. The molecular formula is C15H13FN2O3. The number of rotatable bonds is 4. The Morgan fingerprint density at radius 3 is 2.71 bits per heavy atom. The number of benzene rings is 2. The summed E-state index contributed by atoms with van der Waals surface area (Å²) in [5, 5.41) is 13.3. The van der Waals surface area contributed by atoms with Gasteiger partial charge in [-0.05, 0) is 30.2 Å². The second kappa shape index (κ2) is 6.13. The van der Waals surface area contributed by atoms with Crippen molar-refractivity contribution in [3.05, 3.63) is 75.1 Å². The molecule has 21 heavy (non-hydrogen) atoms. The van der Waals surface area contributed by atoms with Gasteiger partial charge in [-0.2, -0.15) is 0 Å². The lowest BCUT2D eigenvalue weighted by Crippen LogP contribution is -2.22. The van der Waals surface area contributed by atoms with E-state index in [0.717, 1.165) is 0 Å². The van der Waals surface area contributed by atoms with Gasteiger partial charge in [0.15, 0.2) is 0 Å². The number of carbonyl (C=O) groups is 1. The number of amides is 1. The van der Waals surface area contributed by atoms with Gasteiger partial charge in [0.2, 0.25) is 0 Å². The first-order valence-electron chi connectivity index (χ1n) is 6.25. The molecule has 1 N–H and O–H groups in total. The van der Waals surface area contributed by atoms with Gasteiger partial charge in [0.25, 0.3) is 11.6 Å². The van der Waals surface area contributed by atoms with E-state index in [9.17, 15) is 19.3 Å². The number of hydrogen-bond acceptors (Lipinski definition) is 3. The molecule has 0 saturated carbocycles. The van der Waals surface area contributed by atoms with Gasteiger partial charge in [0, 0.05) is 24.2 Å². The Balaban J connectivity index is 2.06. The minimum Gasteiger partial charge on any atom is -0.348 e. The molecule has 0 atom stereocenters. The van der Waals surface area contributed by atoms with E-state index in [-0.39, 0.29) is 23.6 Å². The van der Waals surface area contributed by atoms with Crippen LogP contribution in [0.3, 0.4) is 0 Å². The van der Waals surface area contributed by atoms with Gasteiger partial charge in [0.05, 0.1) is 4.92 Å². The van der Waals surface area contributed by atoms with Crippen molar-refractivity contribution in [3.8, 4) is 0 Å². The van der Waals surface area contributed by atoms with Gasteiger partial charge in [-0.25, -0.2) is 4.39 Å². The van der Waals surface area contributed by atoms with E-state index in [1.54, 1.807) is 19.1 Å². The lowest BCUT2D eigenvalue weighted by molar-refractivity contribution is -0.384. The van der Waals surface area contributed by atoms with Crippen LogP contribution < -0.4 is 5.32 Å². The first kappa shape index (κ1) is 14.6. The summed E-state index contributed by atoms with van der Waals surface area (Å²) in [6.07, 6.45) is 0. The van der Waals surface area contributed by atoms with Crippen LogP contribution in [-0.4, -0.2) is 10.8 Å². The van der Waals surface area contributed by atoms with Crippen molar-refractivity contribution in [2.75, 3.05) is 0 Å².